The number of halogens is 2. The predicted molar refractivity (Wildman–Crippen MR) is 103 cm³/mol. The average molecular weight is 466 g/mol. The van der Waals surface area contributed by atoms with Gasteiger partial charge in [-0.15, -0.1) is 0 Å². The van der Waals surface area contributed by atoms with Gasteiger partial charge in [0.25, 0.3) is 5.91 Å². The van der Waals surface area contributed by atoms with E-state index in [4.69, 9.17) is 4.74 Å². The van der Waals surface area contributed by atoms with Gasteiger partial charge >= 0.3 is 0 Å². The summed E-state index contributed by atoms with van der Waals surface area (Å²) in [6.45, 7) is 2.31. The molecular formula is C18H14Br2N2O3. The van der Waals surface area contributed by atoms with Crippen molar-refractivity contribution in [2.24, 2.45) is 0 Å². The van der Waals surface area contributed by atoms with Crippen molar-refractivity contribution in [1.29, 1.82) is 5.26 Å². The number of hydrogen-bond acceptors (Lipinski definition) is 4. The van der Waals surface area contributed by atoms with E-state index in [0.717, 1.165) is 0 Å². The molecule has 0 spiro atoms. The van der Waals surface area contributed by atoms with Gasteiger partial charge in [0.1, 0.15) is 23.1 Å². The molecule has 2 aromatic rings. The fourth-order valence-corrected chi connectivity index (χ4v) is 3.25. The minimum atomic E-state index is -0.546. The van der Waals surface area contributed by atoms with Crippen LogP contribution < -0.4 is 10.1 Å². The van der Waals surface area contributed by atoms with Crippen LogP contribution in [-0.4, -0.2) is 17.6 Å². The first-order valence-corrected chi connectivity index (χ1v) is 8.87. The molecule has 7 heteroatoms. The normalized spacial score (nSPS) is 10.9. The highest BCUT2D eigenvalue weighted by Gasteiger charge is 2.13. The third-order valence-corrected chi connectivity index (χ3v) is 4.36. The summed E-state index contributed by atoms with van der Waals surface area (Å²) in [7, 11) is 0. The number of amides is 1. The van der Waals surface area contributed by atoms with Gasteiger partial charge in [-0.05, 0) is 74.7 Å². The van der Waals surface area contributed by atoms with Crippen molar-refractivity contribution in [3.63, 3.8) is 0 Å². The lowest BCUT2D eigenvalue weighted by Crippen LogP contribution is -2.14. The highest BCUT2D eigenvalue weighted by molar-refractivity contribution is 9.11. The molecule has 5 nitrogen and oxygen atoms in total. The van der Waals surface area contributed by atoms with Crippen LogP contribution in [0.15, 0.2) is 50.9 Å². The number of anilines is 1. The summed E-state index contributed by atoms with van der Waals surface area (Å²) in [5, 5.41) is 21.7. The minimum absolute atomic E-state index is 0.0470. The predicted octanol–water partition coefficient (Wildman–Crippen LogP) is 4.86. The van der Waals surface area contributed by atoms with Gasteiger partial charge in [-0.3, -0.25) is 4.79 Å². The van der Waals surface area contributed by atoms with Crippen LogP contribution in [-0.2, 0) is 4.79 Å². The second kappa shape index (κ2) is 8.70. The van der Waals surface area contributed by atoms with Gasteiger partial charge in [0, 0.05) is 0 Å². The number of hydrogen-bond donors (Lipinski definition) is 2. The number of nitriles is 1. The Morgan fingerprint density at radius 2 is 1.96 bits per heavy atom. The van der Waals surface area contributed by atoms with Crippen LogP contribution in [0, 0.1) is 11.3 Å². The molecule has 2 aromatic carbocycles. The molecule has 2 rings (SSSR count). The van der Waals surface area contributed by atoms with Crippen molar-refractivity contribution in [2.45, 2.75) is 6.92 Å². The molecule has 0 radical (unpaired) electrons. The Hall–Kier alpha value is -2.30. The van der Waals surface area contributed by atoms with Crippen LogP contribution in [0.3, 0.4) is 0 Å². The number of nitrogens with one attached hydrogen (secondary N) is 1. The molecule has 0 unspecified atom stereocenters. The Bertz CT molecular complexity index is 850. The topological polar surface area (TPSA) is 82.3 Å². The van der Waals surface area contributed by atoms with Gasteiger partial charge in [0.05, 0.1) is 21.2 Å². The number of aromatic hydroxyl groups is 1. The molecule has 0 atom stereocenters. The Labute approximate surface area is 162 Å². The molecular weight excluding hydrogens is 452 g/mol. The Morgan fingerprint density at radius 1 is 1.32 bits per heavy atom. The maximum absolute atomic E-state index is 12.4. The number of benzene rings is 2. The molecule has 25 heavy (non-hydrogen) atoms. The molecule has 1 amide bonds. The maximum Gasteiger partial charge on any atom is 0.266 e. The fourth-order valence-electron chi connectivity index (χ4n) is 2.02. The second-order valence-electron chi connectivity index (χ2n) is 4.89. The molecule has 0 bridgehead atoms. The molecule has 0 fully saturated rings. The van der Waals surface area contributed by atoms with Gasteiger partial charge < -0.3 is 15.2 Å². The van der Waals surface area contributed by atoms with Crippen LogP contribution in [0.4, 0.5) is 5.69 Å². The van der Waals surface area contributed by atoms with E-state index in [1.807, 2.05) is 13.0 Å². The Balaban J connectivity index is 2.29. The van der Waals surface area contributed by atoms with E-state index in [-0.39, 0.29) is 11.3 Å². The van der Waals surface area contributed by atoms with Crippen molar-refractivity contribution >= 4 is 49.5 Å². The first kappa shape index (κ1) is 19.0. The Kier molecular flexibility index (Phi) is 6.62. The van der Waals surface area contributed by atoms with Crippen molar-refractivity contribution in [1.82, 2.24) is 0 Å². The first-order valence-electron chi connectivity index (χ1n) is 7.29. The number of ether oxygens (including phenoxy) is 1. The van der Waals surface area contributed by atoms with E-state index in [0.29, 0.717) is 32.6 Å². The number of carbonyl (C=O) groups excluding carboxylic acids is 1. The highest BCUT2D eigenvalue weighted by atomic mass is 79.9. The van der Waals surface area contributed by atoms with Crippen LogP contribution in [0.25, 0.3) is 6.08 Å². The summed E-state index contributed by atoms with van der Waals surface area (Å²) >= 11 is 6.43. The highest BCUT2D eigenvalue weighted by Crippen LogP contribution is 2.34. The number of phenolic OH excluding ortho intramolecular Hbond substituents is 1. The SMILES string of the molecule is CCOc1ccccc1NC(=O)C(C#N)=Cc1cc(Br)c(O)c(Br)c1. The van der Waals surface area contributed by atoms with E-state index >= 15 is 0 Å². The lowest BCUT2D eigenvalue weighted by atomic mass is 10.1. The standard InChI is InChI=1S/C18H14Br2N2O3/c1-2-25-16-6-4-3-5-15(16)22-18(24)12(10-21)7-11-8-13(19)17(23)14(20)9-11/h3-9,23H,2H2,1H3,(H,22,24). The molecule has 0 aliphatic carbocycles. The summed E-state index contributed by atoms with van der Waals surface area (Å²) in [5.74, 6) is 0.0338. The molecule has 2 N–H and O–H groups in total. The molecule has 0 aliphatic heterocycles. The van der Waals surface area contributed by atoms with Gasteiger partial charge in [-0.25, -0.2) is 0 Å². The van der Waals surface area contributed by atoms with Gasteiger partial charge in [0.15, 0.2) is 0 Å². The van der Waals surface area contributed by atoms with Crippen molar-refractivity contribution in [3.05, 3.63) is 56.5 Å². The summed E-state index contributed by atoms with van der Waals surface area (Å²) in [4.78, 5) is 12.4. The van der Waals surface area contributed by atoms with E-state index in [2.05, 4.69) is 37.2 Å². The van der Waals surface area contributed by atoms with Crippen molar-refractivity contribution < 1.29 is 14.6 Å². The summed E-state index contributed by atoms with van der Waals surface area (Å²) in [5.41, 5.74) is 1.00. The van der Waals surface area contributed by atoms with Crippen LogP contribution in [0.5, 0.6) is 11.5 Å². The van der Waals surface area contributed by atoms with E-state index in [9.17, 15) is 15.2 Å². The molecule has 0 saturated carbocycles. The minimum Gasteiger partial charge on any atom is -0.506 e. The lowest BCUT2D eigenvalue weighted by molar-refractivity contribution is -0.112. The number of nitrogens with zero attached hydrogens (tertiary/aromatic N) is 1. The summed E-state index contributed by atoms with van der Waals surface area (Å²) in [6, 6.07) is 12.1. The van der Waals surface area contributed by atoms with E-state index < -0.39 is 5.91 Å². The summed E-state index contributed by atoms with van der Waals surface area (Å²) in [6.07, 6.45) is 1.44. The second-order valence-corrected chi connectivity index (χ2v) is 6.59. The largest absolute Gasteiger partial charge is 0.506 e. The van der Waals surface area contributed by atoms with Gasteiger partial charge in [-0.1, -0.05) is 12.1 Å². The monoisotopic (exact) mass is 464 g/mol. The summed E-state index contributed by atoms with van der Waals surface area (Å²) < 4.78 is 6.36. The smallest absolute Gasteiger partial charge is 0.266 e. The molecule has 0 heterocycles. The molecule has 0 aromatic heterocycles. The van der Waals surface area contributed by atoms with E-state index in [1.165, 1.54) is 6.08 Å². The van der Waals surface area contributed by atoms with Crippen molar-refractivity contribution in [2.75, 3.05) is 11.9 Å². The zero-order valence-corrected chi connectivity index (χ0v) is 16.4. The Morgan fingerprint density at radius 3 is 2.56 bits per heavy atom. The van der Waals surface area contributed by atoms with E-state index in [1.54, 1.807) is 36.4 Å². The first-order chi connectivity index (χ1) is 12.0. The fraction of sp³-hybridized carbons (Fsp3) is 0.111. The number of phenols is 1. The zero-order chi connectivity index (χ0) is 18.4. The number of rotatable bonds is 5. The van der Waals surface area contributed by atoms with Crippen LogP contribution in [0.2, 0.25) is 0 Å². The zero-order valence-electron chi connectivity index (χ0n) is 13.2. The lowest BCUT2D eigenvalue weighted by Gasteiger charge is -2.11. The third kappa shape index (κ3) is 4.84. The third-order valence-electron chi connectivity index (χ3n) is 3.15. The van der Waals surface area contributed by atoms with Crippen molar-refractivity contribution in [3.8, 4) is 17.6 Å². The molecule has 128 valence electrons. The number of carbonyl (C=O) groups is 1. The molecule has 0 saturated heterocycles. The van der Waals surface area contributed by atoms with Gasteiger partial charge in [0.2, 0.25) is 0 Å². The maximum atomic E-state index is 12.4. The van der Waals surface area contributed by atoms with Crippen LogP contribution in [0.1, 0.15) is 12.5 Å². The average Bonchev–Trinajstić information content (AvgIpc) is 2.59. The molecule has 0 aliphatic rings. The van der Waals surface area contributed by atoms with Crippen LogP contribution >= 0.6 is 31.9 Å². The van der Waals surface area contributed by atoms with Gasteiger partial charge in [-0.2, -0.15) is 5.26 Å². The number of para-hydroxylation sites is 2. The quantitative estimate of drug-likeness (QED) is 0.487.